The van der Waals surface area contributed by atoms with E-state index in [2.05, 4.69) is 15.9 Å². The minimum atomic E-state index is -0.285. The Bertz CT molecular complexity index is 432. The average molecular weight is 202 g/mol. The van der Waals surface area contributed by atoms with Gasteiger partial charge in [-0.1, -0.05) is 19.0 Å². The second kappa shape index (κ2) is 3.74. The molecule has 0 saturated heterocycles. The number of carbonyl (C=O) groups excluding carboxylic acids is 1. The van der Waals surface area contributed by atoms with Gasteiger partial charge in [0, 0.05) is 5.56 Å². The molecule has 2 rings (SSSR count). The fourth-order valence-corrected chi connectivity index (χ4v) is 1.58. The molecule has 5 nitrogen and oxygen atoms in total. The SMILES string of the molecule is CB1NN=Cc2ccc(C(=O)NN)cc21. The van der Waals surface area contributed by atoms with Crippen LogP contribution in [0.15, 0.2) is 23.3 Å². The Hall–Kier alpha value is -1.82. The number of nitrogens with zero attached hydrogens (tertiary/aromatic N) is 1. The molecule has 1 heterocycles. The number of hydrogen-bond acceptors (Lipinski definition) is 4. The van der Waals surface area contributed by atoms with Crippen LogP contribution in [0.25, 0.3) is 0 Å². The number of hydrazone groups is 1. The van der Waals surface area contributed by atoms with Crippen molar-refractivity contribution in [3.8, 4) is 0 Å². The topological polar surface area (TPSA) is 79.5 Å². The normalized spacial score (nSPS) is 13.1. The van der Waals surface area contributed by atoms with Gasteiger partial charge in [0.15, 0.2) is 0 Å². The van der Waals surface area contributed by atoms with Crippen LogP contribution < -0.4 is 22.1 Å². The highest BCUT2D eigenvalue weighted by molar-refractivity contribution is 6.71. The van der Waals surface area contributed by atoms with Gasteiger partial charge in [-0.2, -0.15) is 0 Å². The Morgan fingerprint density at radius 2 is 2.40 bits per heavy atom. The number of rotatable bonds is 1. The van der Waals surface area contributed by atoms with Crippen LogP contribution in [0.4, 0.5) is 0 Å². The highest BCUT2D eigenvalue weighted by Gasteiger charge is 2.18. The van der Waals surface area contributed by atoms with E-state index in [1.54, 1.807) is 12.3 Å². The van der Waals surface area contributed by atoms with Crippen LogP contribution in [0.2, 0.25) is 6.82 Å². The van der Waals surface area contributed by atoms with Crippen molar-refractivity contribution in [3.63, 3.8) is 0 Å². The number of benzene rings is 1. The van der Waals surface area contributed by atoms with Crippen LogP contribution in [-0.4, -0.2) is 19.0 Å². The molecule has 0 aliphatic carbocycles. The number of carbonyl (C=O) groups is 1. The highest BCUT2D eigenvalue weighted by Crippen LogP contribution is 2.04. The van der Waals surface area contributed by atoms with E-state index in [0.29, 0.717) is 5.56 Å². The molecule has 15 heavy (non-hydrogen) atoms. The molecule has 1 amide bonds. The van der Waals surface area contributed by atoms with E-state index in [4.69, 9.17) is 5.84 Å². The van der Waals surface area contributed by atoms with Crippen LogP contribution in [0.3, 0.4) is 0 Å². The maximum Gasteiger partial charge on any atom is 0.302 e. The van der Waals surface area contributed by atoms with Gasteiger partial charge in [-0.05, 0) is 17.1 Å². The third-order valence-corrected chi connectivity index (χ3v) is 2.42. The molecule has 0 saturated carbocycles. The summed E-state index contributed by atoms with van der Waals surface area (Å²) < 4.78 is 0. The number of hydrazine groups is 1. The zero-order valence-corrected chi connectivity index (χ0v) is 8.32. The van der Waals surface area contributed by atoms with Crippen LogP contribution in [0.5, 0.6) is 0 Å². The van der Waals surface area contributed by atoms with E-state index in [9.17, 15) is 4.79 Å². The van der Waals surface area contributed by atoms with Crippen LogP contribution in [0.1, 0.15) is 15.9 Å². The lowest BCUT2D eigenvalue weighted by molar-refractivity contribution is 0.0953. The quantitative estimate of drug-likeness (QED) is 0.238. The number of amides is 1. The summed E-state index contributed by atoms with van der Waals surface area (Å²) in [5.74, 6) is 4.79. The summed E-state index contributed by atoms with van der Waals surface area (Å²) in [6, 6.07) is 5.41. The van der Waals surface area contributed by atoms with E-state index in [1.165, 1.54) is 0 Å². The first-order valence-corrected chi connectivity index (χ1v) is 4.66. The fourth-order valence-electron chi connectivity index (χ4n) is 1.58. The number of hydrogen-bond donors (Lipinski definition) is 3. The molecule has 0 spiro atoms. The predicted octanol–water partition coefficient (Wildman–Crippen LogP) is -0.944. The van der Waals surface area contributed by atoms with E-state index in [0.717, 1.165) is 11.0 Å². The van der Waals surface area contributed by atoms with Gasteiger partial charge < -0.3 is 5.34 Å². The van der Waals surface area contributed by atoms with Crippen molar-refractivity contribution in [2.24, 2.45) is 10.9 Å². The van der Waals surface area contributed by atoms with Crippen LogP contribution in [-0.2, 0) is 0 Å². The van der Waals surface area contributed by atoms with Crippen molar-refractivity contribution in [2.75, 3.05) is 0 Å². The predicted molar refractivity (Wildman–Crippen MR) is 60.1 cm³/mol. The van der Waals surface area contributed by atoms with Crippen molar-refractivity contribution in [1.82, 2.24) is 10.8 Å². The summed E-state index contributed by atoms with van der Waals surface area (Å²) in [5, 5.41) is 6.92. The minimum Gasteiger partial charge on any atom is -0.347 e. The highest BCUT2D eigenvalue weighted by atomic mass is 16.2. The lowest BCUT2D eigenvalue weighted by Gasteiger charge is -2.16. The third-order valence-electron chi connectivity index (χ3n) is 2.42. The molecule has 1 aliphatic rings. The summed E-state index contributed by atoms with van der Waals surface area (Å²) in [4.78, 5) is 11.3. The molecule has 76 valence electrons. The first-order chi connectivity index (χ1) is 7.22. The molecule has 0 bridgehead atoms. The van der Waals surface area contributed by atoms with Gasteiger partial charge in [0.05, 0.1) is 6.21 Å². The Labute approximate surface area is 87.8 Å². The Kier molecular flexibility index (Phi) is 2.43. The summed E-state index contributed by atoms with van der Waals surface area (Å²) in [7, 11) is 0. The maximum absolute atomic E-state index is 11.3. The van der Waals surface area contributed by atoms with Gasteiger partial charge >= 0.3 is 6.85 Å². The molecule has 1 aromatic carbocycles. The number of nitrogens with one attached hydrogen (secondary N) is 2. The molecule has 0 aromatic heterocycles. The van der Waals surface area contributed by atoms with Crippen molar-refractivity contribution >= 4 is 24.4 Å². The first-order valence-electron chi connectivity index (χ1n) is 4.66. The van der Waals surface area contributed by atoms with Crippen molar-refractivity contribution < 1.29 is 4.79 Å². The van der Waals surface area contributed by atoms with E-state index in [1.807, 2.05) is 19.0 Å². The van der Waals surface area contributed by atoms with Crippen molar-refractivity contribution in [2.45, 2.75) is 6.82 Å². The molecule has 0 radical (unpaired) electrons. The van der Waals surface area contributed by atoms with Crippen molar-refractivity contribution in [3.05, 3.63) is 29.3 Å². The Morgan fingerprint density at radius 1 is 1.60 bits per heavy atom. The molecule has 0 fully saturated rings. The third kappa shape index (κ3) is 1.71. The number of fused-ring (bicyclic) bond motifs is 1. The molecule has 0 unspecified atom stereocenters. The monoisotopic (exact) mass is 202 g/mol. The standard InChI is InChI=1S/C9H11BN4O/c1-10-8-4-6(9(15)13-11)2-3-7(8)5-12-14-10/h2-5,14H,11H2,1H3,(H,13,15). The first kappa shape index (κ1) is 9.73. The summed E-state index contributed by atoms with van der Waals surface area (Å²) in [6.07, 6.45) is 1.74. The smallest absolute Gasteiger partial charge is 0.302 e. The molecule has 6 heteroatoms. The largest absolute Gasteiger partial charge is 0.347 e. The lowest BCUT2D eigenvalue weighted by atomic mass is 9.57. The second-order valence-electron chi connectivity index (χ2n) is 3.43. The minimum absolute atomic E-state index is 0.107. The molecular weight excluding hydrogens is 191 g/mol. The molecular formula is C9H11BN4O. The molecule has 4 N–H and O–H groups in total. The van der Waals surface area contributed by atoms with Crippen LogP contribution >= 0.6 is 0 Å². The van der Waals surface area contributed by atoms with Gasteiger partial charge in [0.1, 0.15) is 0 Å². The zero-order chi connectivity index (χ0) is 10.8. The van der Waals surface area contributed by atoms with Gasteiger partial charge in [-0.3, -0.25) is 10.2 Å². The van der Waals surface area contributed by atoms with Gasteiger partial charge in [0.25, 0.3) is 5.91 Å². The van der Waals surface area contributed by atoms with E-state index >= 15 is 0 Å². The van der Waals surface area contributed by atoms with Crippen LogP contribution in [0, 0.1) is 0 Å². The van der Waals surface area contributed by atoms with Gasteiger partial charge in [-0.25, -0.2) is 10.9 Å². The molecule has 1 aromatic rings. The molecule has 0 atom stereocenters. The second-order valence-corrected chi connectivity index (χ2v) is 3.43. The zero-order valence-electron chi connectivity index (χ0n) is 8.32. The fraction of sp³-hybridized carbons (Fsp3) is 0.111. The van der Waals surface area contributed by atoms with E-state index in [-0.39, 0.29) is 12.8 Å². The number of nitrogens with two attached hydrogens (primary N) is 1. The van der Waals surface area contributed by atoms with E-state index < -0.39 is 0 Å². The van der Waals surface area contributed by atoms with Gasteiger partial charge in [-0.15, -0.1) is 0 Å². The lowest BCUT2D eigenvalue weighted by Crippen LogP contribution is -2.45. The maximum atomic E-state index is 11.3. The van der Waals surface area contributed by atoms with Gasteiger partial charge in [0.2, 0.25) is 0 Å². The van der Waals surface area contributed by atoms with Crippen molar-refractivity contribution in [1.29, 1.82) is 0 Å². The summed E-state index contributed by atoms with van der Waals surface area (Å²) >= 11 is 0. The number of nitrogen functional groups attached to an aromatic ring is 1. The summed E-state index contributed by atoms with van der Waals surface area (Å²) in [6.45, 7) is 2.09. The Balaban J connectivity index is 2.44. The summed E-state index contributed by atoms with van der Waals surface area (Å²) in [5.41, 5.74) is 4.74. The average Bonchev–Trinajstić information content (AvgIpc) is 2.28. The Morgan fingerprint density at radius 3 is 3.13 bits per heavy atom. The molecule has 1 aliphatic heterocycles.